The second kappa shape index (κ2) is 12.2. The van der Waals surface area contributed by atoms with Crippen LogP contribution in [0.4, 0.5) is 50.0 Å². The first-order chi connectivity index (χ1) is 19.9. The lowest BCUT2D eigenvalue weighted by atomic mass is 9.85. The molecular formula is C26H22Cl2F9N3O4. The van der Waals surface area contributed by atoms with Gasteiger partial charge in [0.1, 0.15) is 5.60 Å². The van der Waals surface area contributed by atoms with Crippen LogP contribution in [0.1, 0.15) is 56.7 Å². The summed E-state index contributed by atoms with van der Waals surface area (Å²) in [6, 6.07) is 4.49. The molecule has 1 aliphatic rings. The van der Waals surface area contributed by atoms with Crippen LogP contribution in [0.2, 0.25) is 10.0 Å². The molecule has 0 fully saturated rings. The predicted molar refractivity (Wildman–Crippen MR) is 140 cm³/mol. The quantitative estimate of drug-likeness (QED) is 0.253. The zero-order chi connectivity index (χ0) is 33.5. The number of carbonyl (C=O) groups is 2. The van der Waals surface area contributed by atoms with E-state index in [1.807, 2.05) is 5.43 Å². The summed E-state index contributed by atoms with van der Waals surface area (Å²) in [6.45, 7) is 4.32. The molecule has 7 nitrogen and oxygen atoms in total. The highest BCUT2D eigenvalue weighted by atomic mass is 35.5. The van der Waals surface area contributed by atoms with E-state index in [4.69, 9.17) is 32.8 Å². The third-order valence-electron chi connectivity index (χ3n) is 5.85. The summed E-state index contributed by atoms with van der Waals surface area (Å²) in [4.78, 5) is 30.0. The van der Waals surface area contributed by atoms with Gasteiger partial charge < -0.3 is 9.57 Å². The molecule has 0 radical (unpaired) electrons. The molecule has 44 heavy (non-hydrogen) atoms. The van der Waals surface area contributed by atoms with Crippen LogP contribution in [0, 0.1) is 0 Å². The molecule has 0 saturated heterocycles. The molecule has 18 heteroatoms. The summed E-state index contributed by atoms with van der Waals surface area (Å²) >= 11 is 11.9. The topological polar surface area (TPSA) is 80.2 Å². The van der Waals surface area contributed by atoms with Crippen molar-refractivity contribution in [3.63, 3.8) is 0 Å². The van der Waals surface area contributed by atoms with E-state index in [2.05, 4.69) is 5.16 Å². The number of hydrogen-bond donors (Lipinski definition) is 1. The van der Waals surface area contributed by atoms with Gasteiger partial charge in [-0.1, -0.05) is 34.4 Å². The van der Waals surface area contributed by atoms with Gasteiger partial charge in [-0.3, -0.25) is 10.2 Å². The van der Waals surface area contributed by atoms with Crippen LogP contribution < -0.4 is 10.4 Å². The average Bonchev–Trinajstić information content (AvgIpc) is 3.31. The lowest BCUT2D eigenvalue weighted by molar-refractivity contribution is -0.276. The fourth-order valence-electron chi connectivity index (χ4n) is 3.86. The Morgan fingerprint density at radius 2 is 1.64 bits per heavy atom. The third-order valence-corrected chi connectivity index (χ3v) is 6.38. The molecule has 1 atom stereocenters. The minimum absolute atomic E-state index is 0.202. The van der Waals surface area contributed by atoms with Crippen LogP contribution in [0.15, 0.2) is 41.6 Å². The van der Waals surface area contributed by atoms with Gasteiger partial charge in [0.05, 0.1) is 28.4 Å². The van der Waals surface area contributed by atoms with Crippen LogP contribution in [0.25, 0.3) is 0 Å². The number of benzene rings is 2. The molecule has 1 heterocycles. The molecule has 0 aliphatic carbocycles. The number of anilines is 1. The number of nitrogens with one attached hydrogen (secondary N) is 1. The number of hydrogen-bond acceptors (Lipinski definition) is 5. The highest BCUT2D eigenvalue weighted by Gasteiger charge is 2.62. The molecule has 1 aliphatic heterocycles. The lowest BCUT2D eigenvalue weighted by Crippen LogP contribution is -2.49. The maximum absolute atomic E-state index is 14.4. The SMILES string of the molecule is CC(C)(C)OC(=O)N(NC(=O)CCC(F)(F)F)c1cc(C2=NOC(c3cc(Cl)cc(C(F)(F)F)c3)(C(F)(F)F)C2)ccc1Cl. The van der Waals surface area contributed by atoms with Crippen molar-refractivity contribution in [2.24, 2.45) is 5.16 Å². The van der Waals surface area contributed by atoms with Crippen molar-refractivity contribution in [1.29, 1.82) is 0 Å². The summed E-state index contributed by atoms with van der Waals surface area (Å²) in [5.74, 6) is -1.28. The first-order valence-electron chi connectivity index (χ1n) is 12.3. The number of hydrazine groups is 1. The summed E-state index contributed by atoms with van der Waals surface area (Å²) in [5.41, 5.74) is -6.23. The summed E-state index contributed by atoms with van der Waals surface area (Å²) in [5, 5.41) is 2.87. The number of rotatable bonds is 5. The van der Waals surface area contributed by atoms with Crippen LogP contribution in [0.3, 0.4) is 0 Å². The second-order valence-corrected chi connectivity index (χ2v) is 11.3. The maximum atomic E-state index is 14.4. The third kappa shape index (κ3) is 8.40. The first-order valence-corrected chi connectivity index (χ1v) is 13.1. The molecule has 0 spiro atoms. The molecule has 0 bridgehead atoms. The molecular weight excluding hydrogens is 660 g/mol. The number of ether oxygens (including phenoxy) is 1. The molecule has 0 saturated carbocycles. The van der Waals surface area contributed by atoms with Gasteiger partial charge in [-0.25, -0.2) is 4.79 Å². The van der Waals surface area contributed by atoms with E-state index in [1.165, 1.54) is 20.8 Å². The Bertz CT molecular complexity index is 1450. The number of oxime groups is 1. The van der Waals surface area contributed by atoms with E-state index in [0.717, 1.165) is 18.2 Å². The Labute approximate surface area is 253 Å². The van der Waals surface area contributed by atoms with E-state index < -0.39 is 88.5 Å². The Balaban J connectivity index is 2.04. The number of amides is 2. The monoisotopic (exact) mass is 681 g/mol. The zero-order valence-corrected chi connectivity index (χ0v) is 24.3. The van der Waals surface area contributed by atoms with Gasteiger partial charge in [-0.05, 0) is 51.1 Å². The van der Waals surface area contributed by atoms with Crippen LogP contribution >= 0.6 is 23.2 Å². The van der Waals surface area contributed by atoms with Gasteiger partial charge in [-0.15, -0.1) is 0 Å². The summed E-state index contributed by atoms with van der Waals surface area (Å²) < 4.78 is 127. The van der Waals surface area contributed by atoms with E-state index in [-0.39, 0.29) is 16.7 Å². The molecule has 242 valence electrons. The molecule has 3 rings (SSSR count). The molecule has 2 aromatic carbocycles. The zero-order valence-electron chi connectivity index (χ0n) is 22.8. The highest BCUT2D eigenvalue weighted by molar-refractivity contribution is 6.34. The van der Waals surface area contributed by atoms with Crippen molar-refractivity contribution in [2.75, 3.05) is 5.01 Å². The maximum Gasteiger partial charge on any atom is 0.435 e. The largest absolute Gasteiger partial charge is 0.442 e. The first kappa shape index (κ1) is 35.1. The predicted octanol–water partition coefficient (Wildman–Crippen LogP) is 8.71. The Morgan fingerprint density at radius 3 is 2.18 bits per heavy atom. The smallest absolute Gasteiger partial charge is 0.435 e. The van der Waals surface area contributed by atoms with E-state index >= 15 is 0 Å². The number of halogens is 11. The fourth-order valence-corrected chi connectivity index (χ4v) is 4.29. The van der Waals surface area contributed by atoms with Gasteiger partial charge in [0.2, 0.25) is 5.91 Å². The van der Waals surface area contributed by atoms with E-state index in [0.29, 0.717) is 17.1 Å². The Hall–Kier alpha value is -3.40. The standard InChI is InChI=1S/C26H22Cl2F9N3O4/c1-22(2,3)43-21(42)40(38-20(41)6-7-24(29,30)31)19-8-13(4-5-17(19)28)18-12-23(44-39-18,26(35,36)37)14-9-15(25(32,33)34)11-16(27)10-14/h4-5,8-11H,6-7,12H2,1-3H3,(H,38,41). The number of alkyl halides is 9. The minimum Gasteiger partial charge on any atom is -0.442 e. The van der Waals surface area contributed by atoms with Gasteiger partial charge >= 0.3 is 24.6 Å². The van der Waals surface area contributed by atoms with E-state index in [1.54, 1.807) is 0 Å². The summed E-state index contributed by atoms with van der Waals surface area (Å²) in [7, 11) is 0. The van der Waals surface area contributed by atoms with E-state index in [9.17, 15) is 49.1 Å². The fraction of sp³-hybridized carbons (Fsp3) is 0.423. The molecule has 0 aromatic heterocycles. The highest BCUT2D eigenvalue weighted by Crippen LogP contribution is 2.50. The van der Waals surface area contributed by atoms with Crippen molar-refractivity contribution in [2.45, 2.75) is 69.8 Å². The second-order valence-electron chi connectivity index (χ2n) is 10.5. The van der Waals surface area contributed by atoms with Gasteiger partial charge in [0.15, 0.2) is 0 Å². The molecule has 1 unspecified atom stereocenters. The molecule has 2 amide bonds. The van der Waals surface area contributed by atoms with Crippen molar-refractivity contribution >= 4 is 46.6 Å². The van der Waals surface area contributed by atoms with Gasteiger partial charge in [-0.2, -0.15) is 44.5 Å². The van der Waals surface area contributed by atoms with Crippen LogP contribution in [0.5, 0.6) is 0 Å². The Morgan fingerprint density at radius 1 is 1.00 bits per heavy atom. The Kier molecular flexibility index (Phi) is 9.71. The van der Waals surface area contributed by atoms with Crippen molar-refractivity contribution < 1.29 is 58.7 Å². The average molecular weight is 682 g/mol. The summed E-state index contributed by atoms with van der Waals surface area (Å²) in [6.07, 6.45) is -20.2. The number of nitrogens with zero attached hydrogens (tertiary/aromatic N) is 2. The number of carbonyl (C=O) groups excluding carboxylic acids is 2. The molecule has 1 N–H and O–H groups in total. The normalized spacial score (nSPS) is 17.5. The minimum atomic E-state index is -5.32. The van der Waals surface area contributed by atoms with Crippen LogP contribution in [-0.4, -0.2) is 35.7 Å². The van der Waals surface area contributed by atoms with Crippen LogP contribution in [-0.2, 0) is 26.1 Å². The van der Waals surface area contributed by atoms with Crippen molar-refractivity contribution in [1.82, 2.24) is 5.43 Å². The molecule has 2 aromatic rings. The lowest BCUT2D eigenvalue weighted by Gasteiger charge is -2.30. The van der Waals surface area contributed by atoms with Gasteiger partial charge in [0.25, 0.3) is 5.60 Å². The van der Waals surface area contributed by atoms with Crippen molar-refractivity contribution in [3.8, 4) is 0 Å². The van der Waals surface area contributed by atoms with Gasteiger partial charge in [0, 0.05) is 29.0 Å². The van der Waals surface area contributed by atoms with Crippen molar-refractivity contribution in [3.05, 3.63) is 63.1 Å².